The largest absolute Gasteiger partial charge is 0.454 e. The molecule has 1 aromatic carbocycles. The Morgan fingerprint density at radius 1 is 1.29 bits per heavy atom. The number of benzene rings is 1. The maximum atomic E-state index is 12.6. The van der Waals surface area contributed by atoms with Gasteiger partial charge in [0.2, 0.25) is 12.7 Å². The van der Waals surface area contributed by atoms with Crippen molar-refractivity contribution in [3.05, 3.63) is 17.7 Å². The van der Waals surface area contributed by atoms with E-state index in [0.717, 1.165) is 0 Å². The molecular weight excluding hydrogens is 326 g/mol. The summed E-state index contributed by atoms with van der Waals surface area (Å²) in [6, 6.07) is 2.83. The fourth-order valence-corrected chi connectivity index (χ4v) is 2.62. The Hall–Kier alpha value is -2.13. The molecule has 1 saturated heterocycles. The van der Waals surface area contributed by atoms with Gasteiger partial charge < -0.3 is 30.0 Å². The smallest absolute Gasteiger partial charge is 0.387 e. The van der Waals surface area contributed by atoms with Gasteiger partial charge in [-0.25, -0.2) is 0 Å². The van der Waals surface area contributed by atoms with Crippen LogP contribution in [0.1, 0.15) is 18.4 Å². The summed E-state index contributed by atoms with van der Waals surface area (Å²) in [6.07, 6.45) is 0.806. The van der Waals surface area contributed by atoms with E-state index in [9.17, 15) is 13.6 Å². The normalized spacial score (nSPS) is 18.5. The van der Waals surface area contributed by atoms with Crippen LogP contribution in [0.25, 0.3) is 0 Å². The van der Waals surface area contributed by atoms with Gasteiger partial charge in [-0.15, -0.1) is 0 Å². The molecule has 0 aliphatic carbocycles. The van der Waals surface area contributed by atoms with Gasteiger partial charge in [-0.3, -0.25) is 4.79 Å². The molecule has 1 fully saturated rings. The first-order chi connectivity index (χ1) is 11.5. The molecule has 9 heteroatoms. The van der Waals surface area contributed by atoms with Crippen LogP contribution in [0.4, 0.5) is 8.78 Å². The number of ether oxygens (including phenoxy) is 4. The molecule has 0 unspecified atom stereocenters. The molecule has 24 heavy (non-hydrogen) atoms. The van der Waals surface area contributed by atoms with E-state index in [-0.39, 0.29) is 25.0 Å². The first-order valence-corrected chi connectivity index (χ1v) is 7.50. The molecule has 0 atom stereocenters. The molecule has 2 aliphatic rings. The Bertz CT molecular complexity index is 620. The molecule has 0 aromatic heterocycles. The van der Waals surface area contributed by atoms with Gasteiger partial charge in [0.05, 0.1) is 5.54 Å². The number of halogens is 2. The third kappa shape index (κ3) is 3.51. The van der Waals surface area contributed by atoms with Crippen LogP contribution >= 0.6 is 0 Å². The number of fused-ring (bicyclic) bond motifs is 1. The van der Waals surface area contributed by atoms with Crippen molar-refractivity contribution >= 4 is 5.91 Å². The van der Waals surface area contributed by atoms with E-state index in [4.69, 9.17) is 19.9 Å². The molecular formula is C15H18F2N2O5. The molecule has 132 valence electrons. The zero-order valence-corrected chi connectivity index (χ0v) is 12.8. The molecule has 0 spiro atoms. The molecule has 2 heterocycles. The second-order valence-corrected chi connectivity index (χ2v) is 5.64. The van der Waals surface area contributed by atoms with Crippen LogP contribution in [0.2, 0.25) is 0 Å². The van der Waals surface area contributed by atoms with Crippen molar-refractivity contribution in [2.75, 3.05) is 20.0 Å². The van der Waals surface area contributed by atoms with Gasteiger partial charge in [0.25, 0.3) is 0 Å². The molecule has 3 N–H and O–H groups in total. The second kappa shape index (κ2) is 6.78. The molecule has 2 aliphatic heterocycles. The highest BCUT2D eigenvalue weighted by atomic mass is 19.3. The summed E-state index contributed by atoms with van der Waals surface area (Å²) in [7, 11) is 0. The highest BCUT2D eigenvalue weighted by Crippen LogP contribution is 2.38. The van der Waals surface area contributed by atoms with E-state index in [1.54, 1.807) is 0 Å². The summed E-state index contributed by atoms with van der Waals surface area (Å²) in [4.78, 5) is 12.3. The molecule has 3 rings (SSSR count). The minimum absolute atomic E-state index is 0.00513. The summed E-state index contributed by atoms with van der Waals surface area (Å²) in [6.45, 7) is -2.18. The number of hydrogen-bond donors (Lipinski definition) is 2. The fraction of sp³-hybridized carbons (Fsp3) is 0.533. The SMILES string of the molecule is NC1(C(=O)NCc2cc3c(cc2OC(F)F)OCO3)CCOCC1. The molecule has 1 amide bonds. The van der Waals surface area contributed by atoms with Gasteiger partial charge >= 0.3 is 6.61 Å². The van der Waals surface area contributed by atoms with Gasteiger partial charge in [-0.2, -0.15) is 8.78 Å². The second-order valence-electron chi connectivity index (χ2n) is 5.64. The average Bonchev–Trinajstić information content (AvgIpc) is 2.99. The average molecular weight is 344 g/mol. The summed E-state index contributed by atoms with van der Waals surface area (Å²) >= 11 is 0. The van der Waals surface area contributed by atoms with Crippen LogP contribution < -0.4 is 25.3 Å². The van der Waals surface area contributed by atoms with E-state index >= 15 is 0 Å². The van der Waals surface area contributed by atoms with Gasteiger partial charge in [0.1, 0.15) is 5.75 Å². The maximum absolute atomic E-state index is 12.6. The molecule has 0 bridgehead atoms. The zero-order valence-electron chi connectivity index (χ0n) is 12.8. The van der Waals surface area contributed by atoms with Gasteiger partial charge in [0, 0.05) is 31.4 Å². The number of hydrogen-bond acceptors (Lipinski definition) is 6. The monoisotopic (exact) mass is 344 g/mol. The van der Waals surface area contributed by atoms with Crippen molar-refractivity contribution in [2.45, 2.75) is 31.5 Å². The van der Waals surface area contributed by atoms with Crippen LogP contribution in [0.3, 0.4) is 0 Å². The van der Waals surface area contributed by atoms with E-state index < -0.39 is 12.2 Å². The quantitative estimate of drug-likeness (QED) is 0.832. The first kappa shape index (κ1) is 16.7. The minimum atomic E-state index is -2.99. The van der Waals surface area contributed by atoms with Crippen LogP contribution in [-0.4, -0.2) is 38.1 Å². The number of alkyl halides is 2. The maximum Gasteiger partial charge on any atom is 0.387 e. The molecule has 0 radical (unpaired) electrons. The minimum Gasteiger partial charge on any atom is -0.454 e. The van der Waals surface area contributed by atoms with Crippen LogP contribution in [0.15, 0.2) is 12.1 Å². The lowest BCUT2D eigenvalue weighted by Crippen LogP contribution is -2.56. The lowest BCUT2D eigenvalue weighted by Gasteiger charge is -2.31. The Balaban J connectivity index is 1.73. The topological polar surface area (TPSA) is 92.0 Å². The van der Waals surface area contributed by atoms with Crippen molar-refractivity contribution in [3.8, 4) is 17.2 Å². The number of carbonyl (C=O) groups excluding carboxylic acids is 1. The number of nitrogens with one attached hydrogen (secondary N) is 1. The van der Waals surface area contributed by atoms with E-state index in [1.165, 1.54) is 12.1 Å². The first-order valence-electron chi connectivity index (χ1n) is 7.50. The molecule has 1 aromatic rings. The predicted octanol–water partition coefficient (Wildman–Crippen LogP) is 1.14. The number of nitrogens with two attached hydrogens (primary N) is 1. The Kier molecular flexibility index (Phi) is 4.72. The van der Waals surface area contributed by atoms with Crippen molar-refractivity contribution in [1.82, 2.24) is 5.32 Å². The Morgan fingerprint density at radius 2 is 1.96 bits per heavy atom. The third-order valence-corrected chi connectivity index (χ3v) is 4.05. The van der Waals surface area contributed by atoms with E-state index in [2.05, 4.69) is 10.1 Å². The Morgan fingerprint density at radius 3 is 2.62 bits per heavy atom. The van der Waals surface area contributed by atoms with E-state index in [0.29, 0.717) is 43.1 Å². The number of amides is 1. The van der Waals surface area contributed by atoms with Crippen LogP contribution in [0.5, 0.6) is 17.2 Å². The van der Waals surface area contributed by atoms with Gasteiger partial charge in [0.15, 0.2) is 11.5 Å². The lowest BCUT2D eigenvalue weighted by atomic mass is 9.90. The van der Waals surface area contributed by atoms with Crippen molar-refractivity contribution < 1.29 is 32.5 Å². The van der Waals surface area contributed by atoms with Crippen molar-refractivity contribution in [3.63, 3.8) is 0 Å². The Labute approximate surface area is 137 Å². The summed E-state index contributed by atoms with van der Waals surface area (Å²) in [5.74, 6) is 0.300. The molecule has 0 saturated carbocycles. The third-order valence-electron chi connectivity index (χ3n) is 4.05. The number of carbonyl (C=O) groups is 1. The predicted molar refractivity (Wildman–Crippen MR) is 78.0 cm³/mol. The van der Waals surface area contributed by atoms with Crippen LogP contribution in [-0.2, 0) is 16.1 Å². The van der Waals surface area contributed by atoms with Crippen molar-refractivity contribution in [1.29, 1.82) is 0 Å². The van der Waals surface area contributed by atoms with Gasteiger partial charge in [-0.1, -0.05) is 0 Å². The number of rotatable bonds is 5. The lowest BCUT2D eigenvalue weighted by molar-refractivity contribution is -0.129. The standard InChI is InChI=1S/C15H18F2N2O5/c16-14(17)24-10-6-12-11(22-8-23-12)5-9(10)7-19-13(20)15(18)1-3-21-4-2-15/h5-6,14H,1-4,7-8,18H2,(H,19,20). The molecule has 7 nitrogen and oxygen atoms in total. The van der Waals surface area contributed by atoms with Crippen molar-refractivity contribution in [2.24, 2.45) is 5.73 Å². The van der Waals surface area contributed by atoms with Crippen LogP contribution in [0, 0.1) is 0 Å². The highest BCUT2D eigenvalue weighted by Gasteiger charge is 2.35. The fourth-order valence-electron chi connectivity index (χ4n) is 2.62. The summed E-state index contributed by atoms with van der Waals surface area (Å²) < 4.78 is 45.2. The summed E-state index contributed by atoms with van der Waals surface area (Å²) in [5, 5.41) is 2.67. The van der Waals surface area contributed by atoms with Gasteiger partial charge in [-0.05, 0) is 18.9 Å². The zero-order chi connectivity index (χ0) is 17.2. The van der Waals surface area contributed by atoms with E-state index in [1.807, 2.05) is 0 Å². The highest BCUT2D eigenvalue weighted by molar-refractivity contribution is 5.86. The summed E-state index contributed by atoms with van der Waals surface area (Å²) in [5.41, 5.74) is 5.42.